The van der Waals surface area contributed by atoms with Gasteiger partial charge in [-0.2, -0.15) is 0 Å². The van der Waals surface area contributed by atoms with E-state index >= 15 is 0 Å². The molecule has 102 valence electrons. The molecule has 0 bridgehead atoms. The number of hydrogen-bond donors (Lipinski definition) is 2. The topological polar surface area (TPSA) is 55.1 Å². The predicted octanol–water partition coefficient (Wildman–Crippen LogP) is 2.51. The zero-order valence-electron chi connectivity index (χ0n) is 9.89. The van der Waals surface area contributed by atoms with Gasteiger partial charge in [0.05, 0.1) is 10.6 Å². The number of halogens is 4. The third-order valence-corrected chi connectivity index (χ3v) is 2.27. The lowest BCUT2D eigenvalue weighted by atomic mass is 10.1. The van der Waals surface area contributed by atoms with Crippen molar-refractivity contribution >= 4 is 29.9 Å². The van der Waals surface area contributed by atoms with Crippen LogP contribution in [0.3, 0.4) is 0 Å². The van der Waals surface area contributed by atoms with Gasteiger partial charge in [-0.05, 0) is 26.0 Å². The molecule has 0 heterocycles. The van der Waals surface area contributed by atoms with E-state index in [1.54, 1.807) is 13.8 Å². The second kappa shape index (κ2) is 6.31. The average Bonchev–Trinajstić information content (AvgIpc) is 2.19. The largest absolute Gasteiger partial charge is 0.350 e. The summed E-state index contributed by atoms with van der Waals surface area (Å²) in [6.45, 7) is 3.64. The van der Waals surface area contributed by atoms with Gasteiger partial charge in [0.25, 0.3) is 5.91 Å². The highest BCUT2D eigenvalue weighted by atomic mass is 35.5. The normalized spacial score (nSPS) is 10.8. The van der Waals surface area contributed by atoms with Gasteiger partial charge < -0.3 is 11.1 Å². The minimum atomic E-state index is -1.12. The maximum absolute atomic E-state index is 13.0. The Hall–Kier alpha value is -0.910. The van der Waals surface area contributed by atoms with Crippen LogP contribution in [0.15, 0.2) is 12.1 Å². The number of carbonyl (C=O) groups excluding carboxylic acids is 1. The second-order valence-corrected chi connectivity index (χ2v) is 4.82. The van der Waals surface area contributed by atoms with Crippen LogP contribution in [0.2, 0.25) is 5.02 Å². The fourth-order valence-corrected chi connectivity index (χ4v) is 1.34. The van der Waals surface area contributed by atoms with Gasteiger partial charge in [0.15, 0.2) is 11.6 Å². The molecule has 0 aromatic heterocycles. The first-order valence-corrected chi connectivity index (χ1v) is 5.30. The predicted molar refractivity (Wildman–Crippen MR) is 69.2 cm³/mol. The van der Waals surface area contributed by atoms with Crippen molar-refractivity contribution in [3.8, 4) is 0 Å². The number of amides is 1. The molecule has 1 aromatic rings. The SMILES string of the molecule is CC(C)(N)CNC(=O)c1cc(F)c(F)cc1Cl.Cl. The summed E-state index contributed by atoms with van der Waals surface area (Å²) < 4.78 is 25.7. The summed E-state index contributed by atoms with van der Waals surface area (Å²) >= 11 is 5.65. The molecule has 7 heteroatoms. The van der Waals surface area contributed by atoms with E-state index in [1.807, 2.05) is 0 Å². The van der Waals surface area contributed by atoms with E-state index in [4.69, 9.17) is 17.3 Å². The van der Waals surface area contributed by atoms with Crippen LogP contribution in [-0.4, -0.2) is 18.0 Å². The smallest absolute Gasteiger partial charge is 0.252 e. The van der Waals surface area contributed by atoms with Gasteiger partial charge in [0.1, 0.15) is 0 Å². The number of carbonyl (C=O) groups is 1. The highest BCUT2D eigenvalue weighted by molar-refractivity contribution is 6.33. The van der Waals surface area contributed by atoms with Crippen LogP contribution in [0, 0.1) is 11.6 Å². The molecular weight excluding hydrogens is 285 g/mol. The molecule has 0 saturated carbocycles. The van der Waals surface area contributed by atoms with Crippen LogP contribution in [-0.2, 0) is 0 Å². The molecule has 0 aliphatic heterocycles. The molecule has 3 N–H and O–H groups in total. The molecule has 3 nitrogen and oxygen atoms in total. The Labute approximate surface area is 115 Å². The van der Waals surface area contributed by atoms with E-state index in [-0.39, 0.29) is 29.5 Å². The molecular formula is C11H14Cl2F2N2O. The van der Waals surface area contributed by atoms with Gasteiger partial charge in [0, 0.05) is 12.1 Å². The van der Waals surface area contributed by atoms with Crippen LogP contribution in [0.5, 0.6) is 0 Å². The van der Waals surface area contributed by atoms with Crippen molar-refractivity contribution in [2.24, 2.45) is 5.73 Å². The number of rotatable bonds is 3. The Morgan fingerprint density at radius 1 is 1.39 bits per heavy atom. The van der Waals surface area contributed by atoms with Crippen LogP contribution in [0.4, 0.5) is 8.78 Å². The van der Waals surface area contributed by atoms with Crippen LogP contribution in [0.25, 0.3) is 0 Å². The first-order valence-electron chi connectivity index (χ1n) is 4.92. The van der Waals surface area contributed by atoms with Crippen molar-refractivity contribution in [3.05, 3.63) is 34.4 Å². The number of nitrogens with two attached hydrogens (primary N) is 1. The van der Waals surface area contributed by atoms with E-state index in [1.165, 1.54) is 0 Å². The molecule has 0 radical (unpaired) electrons. The first-order chi connectivity index (χ1) is 7.70. The minimum Gasteiger partial charge on any atom is -0.350 e. The van der Waals surface area contributed by atoms with E-state index in [2.05, 4.69) is 5.32 Å². The summed E-state index contributed by atoms with van der Waals surface area (Å²) in [7, 11) is 0. The highest BCUT2D eigenvalue weighted by Crippen LogP contribution is 2.19. The van der Waals surface area contributed by atoms with Crippen LogP contribution in [0.1, 0.15) is 24.2 Å². The molecule has 0 spiro atoms. The molecule has 0 atom stereocenters. The Kier molecular flexibility index (Phi) is 5.99. The third-order valence-electron chi connectivity index (χ3n) is 1.96. The quantitative estimate of drug-likeness (QED) is 0.843. The summed E-state index contributed by atoms with van der Waals surface area (Å²) in [4.78, 5) is 11.6. The highest BCUT2D eigenvalue weighted by Gasteiger charge is 2.17. The molecule has 0 unspecified atom stereocenters. The Morgan fingerprint density at radius 3 is 2.39 bits per heavy atom. The molecule has 1 aromatic carbocycles. The Balaban J connectivity index is 0.00000289. The maximum atomic E-state index is 13.0. The lowest BCUT2D eigenvalue weighted by molar-refractivity contribution is 0.0945. The van der Waals surface area contributed by atoms with Crippen molar-refractivity contribution in [1.82, 2.24) is 5.32 Å². The van der Waals surface area contributed by atoms with Crippen LogP contribution >= 0.6 is 24.0 Å². The van der Waals surface area contributed by atoms with E-state index < -0.39 is 23.1 Å². The number of nitrogens with one attached hydrogen (secondary N) is 1. The molecule has 1 amide bonds. The lowest BCUT2D eigenvalue weighted by Gasteiger charge is -2.19. The number of hydrogen-bond acceptors (Lipinski definition) is 2. The molecule has 0 fully saturated rings. The van der Waals surface area contributed by atoms with Crippen LogP contribution < -0.4 is 11.1 Å². The Morgan fingerprint density at radius 2 is 1.89 bits per heavy atom. The van der Waals surface area contributed by atoms with Gasteiger partial charge in [0.2, 0.25) is 0 Å². The molecule has 18 heavy (non-hydrogen) atoms. The summed E-state index contributed by atoms with van der Waals surface area (Å²) in [5, 5.41) is 2.35. The fraction of sp³-hybridized carbons (Fsp3) is 0.364. The first kappa shape index (κ1) is 17.1. The second-order valence-electron chi connectivity index (χ2n) is 4.42. The van der Waals surface area contributed by atoms with Crippen molar-refractivity contribution in [3.63, 3.8) is 0 Å². The molecule has 0 aliphatic rings. The van der Waals surface area contributed by atoms with Crippen molar-refractivity contribution in [2.45, 2.75) is 19.4 Å². The maximum Gasteiger partial charge on any atom is 0.252 e. The minimum absolute atomic E-state index is 0. The van der Waals surface area contributed by atoms with E-state index in [9.17, 15) is 13.6 Å². The van der Waals surface area contributed by atoms with Crippen molar-refractivity contribution < 1.29 is 13.6 Å². The lowest BCUT2D eigenvalue weighted by Crippen LogP contribution is -2.45. The summed E-state index contributed by atoms with van der Waals surface area (Å²) in [6, 6.07) is 1.52. The standard InChI is InChI=1S/C11H13ClF2N2O.ClH/c1-11(2,15)5-16-10(17)6-3-8(13)9(14)4-7(6)12;/h3-4H,5,15H2,1-2H3,(H,16,17);1H. The zero-order chi connectivity index (χ0) is 13.2. The van der Waals surface area contributed by atoms with Gasteiger partial charge in [-0.3, -0.25) is 4.79 Å². The summed E-state index contributed by atoms with van der Waals surface area (Å²) in [6.07, 6.45) is 0. The molecule has 0 aliphatic carbocycles. The van der Waals surface area contributed by atoms with Gasteiger partial charge >= 0.3 is 0 Å². The van der Waals surface area contributed by atoms with E-state index in [0.29, 0.717) is 0 Å². The third kappa shape index (κ3) is 4.76. The monoisotopic (exact) mass is 298 g/mol. The fourth-order valence-electron chi connectivity index (χ4n) is 1.10. The molecule has 1 rings (SSSR count). The average molecular weight is 299 g/mol. The van der Waals surface area contributed by atoms with Gasteiger partial charge in [-0.1, -0.05) is 11.6 Å². The summed E-state index contributed by atoms with van der Waals surface area (Å²) in [5.41, 5.74) is 4.96. The van der Waals surface area contributed by atoms with Crippen molar-refractivity contribution in [1.29, 1.82) is 0 Å². The van der Waals surface area contributed by atoms with E-state index in [0.717, 1.165) is 12.1 Å². The Bertz CT molecular complexity index is 447. The van der Waals surface area contributed by atoms with Gasteiger partial charge in [-0.15, -0.1) is 12.4 Å². The zero-order valence-corrected chi connectivity index (χ0v) is 11.5. The van der Waals surface area contributed by atoms with Gasteiger partial charge in [-0.25, -0.2) is 8.78 Å². The number of benzene rings is 1. The molecule has 0 saturated heterocycles. The van der Waals surface area contributed by atoms with Crippen molar-refractivity contribution in [2.75, 3.05) is 6.54 Å². The summed E-state index contributed by atoms with van der Waals surface area (Å²) in [5.74, 6) is -2.80.